The van der Waals surface area contributed by atoms with Gasteiger partial charge in [0.15, 0.2) is 0 Å². The molecule has 1 aromatic heterocycles. The van der Waals surface area contributed by atoms with Crippen LogP contribution >= 0.6 is 15.9 Å². The van der Waals surface area contributed by atoms with Crippen molar-refractivity contribution in [2.75, 3.05) is 11.9 Å². The lowest BCUT2D eigenvalue weighted by molar-refractivity contribution is -0.385. The molecule has 0 radical (unpaired) electrons. The molecule has 1 aromatic rings. The molecule has 1 rings (SSSR count). The van der Waals surface area contributed by atoms with Gasteiger partial charge < -0.3 is 10.4 Å². The van der Waals surface area contributed by atoms with Gasteiger partial charge in [-0.1, -0.05) is 26.7 Å². The second kappa shape index (κ2) is 7.40. The minimum Gasteiger partial charge on any atom is -0.391 e. The van der Waals surface area contributed by atoms with Crippen molar-refractivity contribution < 1.29 is 10.0 Å². The number of nitrogens with zero attached hydrogens (tertiary/aromatic N) is 2. The summed E-state index contributed by atoms with van der Waals surface area (Å²) in [6.07, 6.45) is 2.55. The lowest BCUT2D eigenvalue weighted by atomic mass is 9.97. The molecule has 0 aliphatic heterocycles. The van der Waals surface area contributed by atoms with Crippen molar-refractivity contribution in [1.82, 2.24) is 4.98 Å². The number of hydrogen-bond donors (Lipinski definition) is 2. The first kappa shape index (κ1) is 15.8. The van der Waals surface area contributed by atoms with Crippen molar-refractivity contribution in [2.24, 2.45) is 5.92 Å². The maximum absolute atomic E-state index is 10.6. The Morgan fingerprint density at radius 3 is 2.63 bits per heavy atom. The SMILES string of the molecule is CCC(CC)C(O)CNc1ncc([N+](=O)[O-])cc1Br. The summed E-state index contributed by atoms with van der Waals surface area (Å²) in [6, 6.07) is 1.39. The van der Waals surface area contributed by atoms with Crippen LogP contribution in [0.4, 0.5) is 11.5 Å². The predicted octanol–water partition coefficient (Wildman–Crippen LogP) is 2.96. The van der Waals surface area contributed by atoms with E-state index in [1.807, 2.05) is 13.8 Å². The average Bonchev–Trinajstić information content (AvgIpc) is 2.38. The predicted molar refractivity (Wildman–Crippen MR) is 77.2 cm³/mol. The van der Waals surface area contributed by atoms with Gasteiger partial charge in [-0.25, -0.2) is 4.98 Å². The van der Waals surface area contributed by atoms with Crippen LogP contribution in [-0.4, -0.2) is 27.7 Å². The number of aliphatic hydroxyl groups excluding tert-OH is 1. The smallest absolute Gasteiger partial charge is 0.288 e. The number of pyridine rings is 1. The largest absolute Gasteiger partial charge is 0.391 e. The molecule has 2 N–H and O–H groups in total. The third-order valence-electron chi connectivity index (χ3n) is 3.11. The van der Waals surface area contributed by atoms with E-state index in [4.69, 9.17) is 0 Å². The van der Waals surface area contributed by atoms with Crippen molar-refractivity contribution in [3.8, 4) is 0 Å². The van der Waals surface area contributed by atoms with Crippen LogP contribution in [0.5, 0.6) is 0 Å². The molecule has 0 aromatic carbocycles. The number of anilines is 1. The molecule has 1 unspecified atom stereocenters. The highest BCUT2D eigenvalue weighted by molar-refractivity contribution is 9.10. The van der Waals surface area contributed by atoms with E-state index in [2.05, 4.69) is 26.2 Å². The van der Waals surface area contributed by atoms with Crippen molar-refractivity contribution >= 4 is 27.4 Å². The molecule has 0 aliphatic rings. The van der Waals surface area contributed by atoms with E-state index in [1.165, 1.54) is 12.3 Å². The summed E-state index contributed by atoms with van der Waals surface area (Å²) in [6.45, 7) is 4.45. The lowest BCUT2D eigenvalue weighted by Gasteiger charge is -2.20. The van der Waals surface area contributed by atoms with E-state index in [0.29, 0.717) is 16.8 Å². The Hall–Kier alpha value is -1.21. The molecule has 0 amide bonds. The normalized spacial score (nSPS) is 12.5. The molecule has 0 spiro atoms. The summed E-state index contributed by atoms with van der Waals surface area (Å²) < 4.78 is 0.512. The van der Waals surface area contributed by atoms with Gasteiger partial charge in [-0.15, -0.1) is 0 Å². The van der Waals surface area contributed by atoms with E-state index in [0.717, 1.165) is 12.8 Å². The second-order valence-corrected chi connectivity index (χ2v) is 5.16. The van der Waals surface area contributed by atoms with Gasteiger partial charge in [0, 0.05) is 12.6 Å². The maximum atomic E-state index is 10.6. The van der Waals surface area contributed by atoms with Crippen LogP contribution in [0.3, 0.4) is 0 Å². The van der Waals surface area contributed by atoms with Gasteiger partial charge in [0.2, 0.25) is 0 Å². The number of nitro groups is 1. The minimum absolute atomic E-state index is 0.0713. The van der Waals surface area contributed by atoms with Crippen molar-refractivity contribution in [2.45, 2.75) is 32.8 Å². The molecule has 19 heavy (non-hydrogen) atoms. The maximum Gasteiger partial charge on any atom is 0.288 e. The third kappa shape index (κ3) is 4.43. The van der Waals surface area contributed by atoms with Crippen LogP contribution in [0.2, 0.25) is 0 Å². The standard InChI is InChI=1S/C12H18BrN3O3/c1-3-8(4-2)11(17)7-15-12-10(13)5-9(6-14-12)16(18)19/h5-6,8,11,17H,3-4,7H2,1-2H3,(H,14,15). The van der Waals surface area contributed by atoms with E-state index in [9.17, 15) is 15.2 Å². The Bertz CT molecular complexity index is 438. The Balaban J connectivity index is 2.65. The first-order valence-corrected chi connectivity index (χ1v) is 7.00. The van der Waals surface area contributed by atoms with Crippen LogP contribution in [0.25, 0.3) is 0 Å². The second-order valence-electron chi connectivity index (χ2n) is 4.31. The zero-order chi connectivity index (χ0) is 14.4. The molecule has 0 saturated heterocycles. The van der Waals surface area contributed by atoms with Crippen molar-refractivity contribution in [3.05, 3.63) is 26.9 Å². The van der Waals surface area contributed by atoms with Gasteiger partial charge >= 0.3 is 0 Å². The Labute approximate surface area is 120 Å². The molecule has 0 fully saturated rings. The number of aromatic nitrogens is 1. The summed E-state index contributed by atoms with van der Waals surface area (Å²) in [5.74, 6) is 0.736. The van der Waals surface area contributed by atoms with Crippen LogP contribution in [0, 0.1) is 16.0 Å². The summed E-state index contributed by atoms with van der Waals surface area (Å²) >= 11 is 3.23. The molecule has 6 nitrogen and oxygen atoms in total. The Kier molecular flexibility index (Phi) is 6.17. The highest BCUT2D eigenvalue weighted by Crippen LogP contribution is 2.24. The van der Waals surface area contributed by atoms with Gasteiger partial charge in [-0.2, -0.15) is 0 Å². The zero-order valence-corrected chi connectivity index (χ0v) is 12.6. The molecular weight excluding hydrogens is 314 g/mol. The molecule has 106 valence electrons. The average molecular weight is 332 g/mol. The first-order chi connectivity index (χ1) is 8.99. The van der Waals surface area contributed by atoms with Gasteiger partial charge in [0.25, 0.3) is 5.69 Å². The summed E-state index contributed by atoms with van der Waals surface area (Å²) in [5, 5.41) is 23.6. The molecule has 7 heteroatoms. The number of hydrogen-bond acceptors (Lipinski definition) is 5. The van der Waals surface area contributed by atoms with Gasteiger partial charge in [-0.05, 0) is 21.8 Å². The highest BCUT2D eigenvalue weighted by atomic mass is 79.9. The Morgan fingerprint density at radius 2 is 2.16 bits per heavy atom. The first-order valence-electron chi connectivity index (χ1n) is 6.21. The molecule has 0 saturated carbocycles. The number of nitrogens with one attached hydrogen (secondary N) is 1. The fourth-order valence-electron chi connectivity index (χ4n) is 1.86. The highest BCUT2D eigenvalue weighted by Gasteiger charge is 2.16. The monoisotopic (exact) mass is 331 g/mol. The van der Waals surface area contributed by atoms with Crippen LogP contribution in [0.15, 0.2) is 16.7 Å². The summed E-state index contributed by atoms with van der Waals surface area (Å²) in [7, 11) is 0. The molecule has 1 atom stereocenters. The van der Waals surface area contributed by atoms with E-state index in [1.54, 1.807) is 0 Å². The van der Waals surface area contributed by atoms with Crippen LogP contribution in [-0.2, 0) is 0 Å². The van der Waals surface area contributed by atoms with E-state index < -0.39 is 11.0 Å². The third-order valence-corrected chi connectivity index (χ3v) is 3.71. The lowest BCUT2D eigenvalue weighted by Crippen LogP contribution is -2.28. The molecular formula is C12H18BrN3O3. The van der Waals surface area contributed by atoms with Crippen molar-refractivity contribution in [3.63, 3.8) is 0 Å². The number of halogens is 1. The topological polar surface area (TPSA) is 88.3 Å². The number of aliphatic hydroxyl groups is 1. The summed E-state index contributed by atoms with van der Waals surface area (Å²) in [4.78, 5) is 14.1. The molecule has 1 heterocycles. The van der Waals surface area contributed by atoms with Crippen molar-refractivity contribution in [1.29, 1.82) is 0 Å². The quantitative estimate of drug-likeness (QED) is 0.592. The fraction of sp³-hybridized carbons (Fsp3) is 0.583. The van der Waals surface area contributed by atoms with E-state index in [-0.39, 0.29) is 11.6 Å². The molecule has 0 bridgehead atoms. The summed E-state index contributed by atoms with van der Waals surface area (Å²) in [5.41, 5.74) is -0.0713. The zero-order valence-electron chi connectivity index (χ0n) is 11.0. The fourth-order valence-corrected chi connectivity index (χ4v) is 2.34. The Morgan fingerprint density at radius 1 is 1.53 bits per heavy atom. The minimum atomic E-state index is -0.499. The van der Waals surface area contributed by atoms with Gasteiger partial charge in [0.05, 0.1) is 15.5 Å². The van der Waals surface area contributed by atoms with Gasteiger partial charge in [-0.3, -0.25) is 10.1 Å². The van der Waals surface area contributed by atoms with E-state index >= 15 is 0 Å². The van der Waals surface area contributed by atoms with Crippen LogP contribution in [0.1, 0.15) is 26.7 Å². The van der Waals surface area contributed by atoms with Gasteiger partial charge in [0.1, 0.15) is 12.0 Å². The molecule has 0 aliphatic carbocycles. The number of rotatable bonds is 7. The van der Waals surface area contributed by atoms with Crippen LogP contribution < -0.4 is 5.32 Å².